The predicted molar refractivity (Wildman–Crippen MR) is 75.7 cm³/mol. The SMILES string of the molecule is NCC1(C(N)c2ccc3c(c2)CCC(=O)N3)CCC1. The zero-order valence-corrected chi connectivity index (χ0v) is 11.1. The molecule has 1 aliphatic heterocycles. The van der Waals surface area contributed by atoms with E-state index in [0.29, 0.717) is 13.0 Å². The number of nitrogens with two attached hydrogens (primary N) is 2. The molecule has 1 aliphatic carbocycles. The van der Waals surface area contributed by atoms with Gasteiger partial charge >= 0.3 is 0 Å². The van der Waals surface area contributed by atoms with Gasteiger partial charge in [0.25, 0.3) is 0 Å². The Morgan fingerprint density at radius 1 is 1.32 bits per heavy atom. The Labute approximate surface area is 113 Å². The molecule has 1 amide bonds. The monoisotopic (exact) mass is 259 g/mol. The highest BCUT2D eigenvalue weighted by Crippen LogP contribution is 2.48. The first-order valence-corrected chi connectivity index (χ1v) is 7.03. The van der Waals surface area contributed by atoms with Gasteiger partial charge in [0.15, 0.2) is 0 Å². The van der Waals surface area contributed by atoms with Crippen molar-refractivity contribution in [2.45, 2.75) is 38.1 Å². The molecule has 1 unspecified atom stereocenters. The quantitative estimate of drug-likeness (QED) is 0.772. The van der Waals surface area contributed by atoms with E-state index in [1.165, 1.54) is 12.0 Å². The number of nitrogens with one attached hydrogen (secondary N) is 1. The van der Waals surface area contributed by atoms with E-state index in [-0.39, 0.29) is 17.4 Å². The minimum atomic E-state index is 0.00850. The molecule has 5 N–H and O–H groups in total. The summed E-state index contributed by atoms with van der Waals surface area (Å²) >= 11 is 0. The molecular weight excluding hydrogens is 238 g/mol. The third kappa shape index (κ3) is 2.05. The molecule has 2 aliphatic rings. The molecule has 1 aromatic carbocycles. The number of fused-ring (bicyclic) bond motifs is 1. The molecule has 4 heteroatoms. The van der Waals surface area contributed by atoms with Crippen molar-refractivity contribution in [2.24, 2.45) is 16.9 Å². The molecule has 1 aromatic rings. The topological polar surface area (TPSA) is 81.1 Å². The summed E-state index contributed by atoms with van der Waals surface area (Å²) in [5.74, 6) is 0.0990. The minimum Gasteiger partial charge on any atom is -0.330 e. The third-order valence-electron chi connectivity index (χ3n) is 4.80. The van der Waals surface area contributed by atoms with E-state index in [1.54, 1.807) is 0 Å². The second kappa shape index (κ2) is 4.62. The Hall–Kier alpha value is -1.39. The highest BCUT2D eigenvalue weighted by atomic mass is 16.1. The average Bonchev–Trinajstić information content (AvgIpc) is 2.37. The van der Waals surface area contributed by atoms with Gasteiger partial charge in [0.05, 0.1) is 0 Å². The Bertz CT molecular complexity index is 503. The predicted octanol–water partition coefficient (Wildman–Crippen LogP) is 1.70. The van der Waals surface area contributed by atoms with Crippen LogP contribution < -0.4 is 16.8 Å². The Kier molecular flexibility index (Phi) is 3.07. The minimum absolute atomic E-state index is 0.00850. The van der Waals surface area contributed by atoms with E-state index in [4.69, 9.17) is 11.5 Å². The lowest BCUT2D eigenvalue weighted by molar-refractivity contribution is -0.116. The van der Waals surface area contributed by atoms with Gasteiger partial charge in [-0.3, -0.25) is 4.79 Å². The second-order valence-corrected chi connectivity index (χ2v) is 5.86. The maximum Gasteiger partial charge on any atom is 0.224 e. The molecule has 1 saturated carbocycles. The molecule has 1 atom stereocenters. The summed E-state index contributed by atoms with van der Waals surface area (Å²) in [4.78, 5) is 11.4. The van der Waals surface area contributed by atoms with Crippen LogP contribution >= 0.6 is 0 Å². The zero-order chi connectivity index (χ0) is 13.5. The average molecular weight is 259 g/mol. The molecule has 19 heavy (non-hydrogen) atoms. The third-order valence-corrected chi connectivity index (χ3v) is 4.80. The van der Waals surface area contributed by atoms with Crippen molar-refractivity contribution in [3.8, 4) is 0 Å². The van der Waals surface area contributed by atoms with Gasteiger partial charge in [-0.05, 0) is 43.0 Å². The van der Waals surface area contributed by atoms with Crippen LogP contribution in [0.2, 0.25) is 0 Å². The second-order valence-electron chi connectivity index (χ2n) is 5.86. The molecule has 0 aromatic heterocycles. The van der Waals surface area contributed by atoms with Crippen molar-refractivity contribution in [1.29, 1.82) is 0 Å². The van der Waals surface area contributed by atoms with Crippen molar-refractivity contribution in [3.63, 3.8) is 0 Å². The first kappa shape index (κ1) is 12.6. The van der Waals surface area contributed by atoms with Crippen molar-refractivity contribution >= 4 is 11.6 Å². The number of anilines is 1. The van der Waals surface area contributed by atoms with Crippen molar-refractivity contribution in [2.75, 3.05) is 11.9 Å². The van der Waals surface area contributed by atoms with Gasteiger partial charge in [-0.2, -0.15) is 0 Å². The van der Waals surface area contributed by atoms with Crippen LogP contribution in [0.15, 0.2) is 18.2 Å². The number of hydrogen-bond donors (Lipinski definition) is 3. The van der Waals surface area contributed by atoms with Crippen LogP contribution in [0, 0.1) is 5.41 Å². The molecular formula is C15H21N3O. The molecule has 3 rings (SSSR count). The van der Waals surface area contributed by atoms with Gasteiger partial charge in [-0.15, -0.1) is 0 Å². The number of rotatable bonds is 3. The Morgan fingerprint density at radius 2 is 2.11 bits per heavy atom. The summed E-state index contributed by atoms with van der Waals surface area (Å²) in [6.07, 6.45) is 4.84. The fourth-order valence-electron chi connectivity index (χ4n) is 3.22. The van der Waals surface area contributed by atoms with Gasteiger partial charge < -0.3 is 16.8 Å². The first-order chi connectivity index (χ1) is 9.14. The van der Waals surface area contributed by atoms with Crippen LogP contribution in [-0.2, 0) is 11.2 Å². The summed E-state index contributed by atoms with van der Waals surface area (Å²) in [6.45, 7) is 0.655. The lowest BCUT2D eigenvalue weighted by atomic mass is 9.62. The molecule has 0 saturated heterocycles. The standard InChI is InChI=1S/C15H21N3O/c16-9-15(6-1-7-15)14(17)11-2-4-12-10(8-11)3-5-13(19)18-12/h2,4,8,14H,1,3,5-7,9,16-17H2,(H,18,19). The molecule has 0 spiro atoms. The highest BCUT2D eigenvalue weighted by Gasteiger charge is 2.41. The number of amides is 1. The van der Waals surface area contributed by atoms with Gasteiger partial charge in [0.1, 0.15) is 0 Å². The zero-order valence-electron chi connectivity index (χ0n) is 11.1. The summed E-state index contributed by atoms with van der Waals surface area (Å²) in [7, 11) is 0. The van der Waals surface area contributed by atoms with Gasteiger partial charge in [0, 0.05) is 23.6 Å². The maximum atomic E-state index is 11.4. The molecule has 1 heterocycles. The number of benzene rings is 1. The molecule has 102 valence electrons. The van der Waals surface area contributed by atoms with Crippen LogP contribution in [-0.4, -0.2) is 12.5 Å². The van der Waals surface area contributed by atoms with E-state index in [9.17, 15) is 4.79 Å². The van der Waals surface area contributed by atoms with Gasteiger partial charge in [-0.25, -0.2) is 0 Å². The van der Waals surface area contributed by atoms with Crippen LogP contribution in [0.4, 0.5) is 5.69 Å². The van der Waals surface area contributed by atoms with E-state index in [1.807, 2.05) is 12.1 Å². The summed E-state index contributed by atoms with van der Waals surface area (Å²) in [5.41, 5.74) is 15.7. The Balaban J connectivity index is 1.88. The summed E-state index contributed by atoms with van der Waals surface area (Å²) in [6, 6.07) is 6.17. The van der Waals surface area contributed by atoms with Crippen LogP contribution in [0.5, 0.6) is 0 Å². The molecule has 0 bridgehead atoms. The van der Waals surface area contributed by atoms with Gasteiger partial charge in [0.2, 0.25) is 5.91 Å². The van der Waals surface area contributed by atoms with Crippen molar-refractivity contribution in [3.05, 3.63) is 29.3 Å². The first-order valence-electron chi connectivity index (χ1n) is 7.03. The normalized spacial score (nSPS) is 22.1. The Morgan fingerprint density at radius 3 is 2.74 bits per heavy atom. The molecule has 0 radical (unpaired) electrons. The lowest BCUT2D eigenvalue weighted by Gasteiger charge is -2.46. The lowest BCUT2D eigenvalue weighted by Crippen LogP contribution is -2.46. The molecule has 4 nitrogen and oxygen atoms in total. The summed E-state index contributed by atoms with van der Waals surface area (Å²) < 4.78 is 0. The van der Waals surface area contributed by atoms with Gasteiger partial charge in [-0.1, -0.05) is 18.6 Å². The fraction of sp³-hybridized carbons (Fsp3) is 0.533. The number of hydrogen-bond acceptors (Lipinski definition) is 3. The van der Waals surface area contributed by atoms with Crippen LogP contribution in [0.25, 0.3) is 0 Å². The highest BCUT2D eigenvalue weighted by molar-refractivity contribution is 5.93. The van der Waals surface area contributed by atoms with Crippen LogP contribution in [0.3, 0.4) is 0 Å². The van der Waals surface area contributed by atoms with Crippen LogP contribution in [0.1, 0.15) is 42.9 Å². The van der Waals surface area contributed by atoms with Crippen molar-refractivity contribution in [1.82, 2.24) is 0 Å². The van der Waals surface area contributed by atoms with E-state index in [0.717, 1.165) is 30.5 Å². The van der Waals surface area contributed by atoms with E-state index in [2.05, 4.69) is 11.4 Å². The fourth-order valence-corrected chi connectivity index (χ4v) is 3.22. The number of aryl methyl sites for hydroxylation is 1. The molecule has 1 fully saturated rings. The largest absolute Gasteiger partial charge is 0.330 e. The number of carbonyl (C=O) groups excluding carboxylic acids is 1. The smallest absolute Gasteiger partial charge is 0.224 e. The summed E-state index contributed by atoms with van der Waals surface area (Å²) in [5, 5.41) is 2.90. The van der Waals surface area contributed by atoms with Crippen molar-refractivity contribution < 1.29 is 4.79 Å². The van der Waals surface area contributed by atoms with E-state index < -0.39 is 0 Å². The number of carbonyl (C=O) groups is 1. The maximum absolute atomic E-state index is 11.4. The van der Waals surface area contributed by atoms with E-state index >= 15 is 0 Å².